The summed E-state index contributed by atoms with van der Waals surface area (Å²) in [6.07, 6.45) is 13.0. The standard InChI is InChI=1S/C27H44O3/c1-6-30-25(29)18(3)15-17(2)22-9-10-23-21-8-7-19-16-20(28)11-13-26(19,4)24(21)12-14-27(22,23)5/h7,17-18,20-24,28H,6,8-16H2,1-5H3/t17-,18+,20+,21+,22-,23+,24+,26+,27-/m1/s1. The first kappa shape index (κ1) is 22.4. The monoisotopic (exact) mass is 416 g/mol. The van der Waals surface area contributed by atoms with E-state index in [-0.39, 0.29) is 18.0 Å². The van der Waals surface area contributed by atoms with Gasteiger partial charge in [-0.3, -0.25) is 4.79 Å². The molecule has 0 radical (unpaired) electrons. The molecule has 9 atom stereocenters. The minimum absolute atomic E-state index is 0.00619. The van der Waals surface area contributed by atoms with Crippen LogP contribution in [0.5, 0.6) is 0 Å². The minimum Gasteiger partial charge on any atom is -0.466 e. The van der Waals surface area contributed by atoms with Crippen LogP contribution in [0.1, 0.15) is 92.4 Å². The number of hydrogen-bond acceptors (Lipinski definition) is 3. The normalized spacial score (nSPS) is 44.9. The van der Waals surface area contributed by atoms with Crippen LogP contribution in [0.25, 0.3) is 0 Å². The van der Waals surface area contributed by atoms with E-state index in [4.69, 9.17) is 4.74 Å². The Morgan fingerprint density at radius 1 is 1.17 bits per heavy atom. The molecule has 3 nitrogen and oxygen atoms in total. The van der Waals surface area contributed by atoms with Crippen LogP contribution in [0.2, 0.25) is 0 Å². The molecular weight excluding hydrogens is 372 g/mol. The fourth-order valence-electron chi connectivity index (χ4n) is 8.72. The molecule has 4 rings (SSSR count). The quantitative estimate of drug-likeness (QED) is 0.432. The summed E-state index contributed by atoms with van der Waals surface area (Å²) in [5.74, 6) is 3.72. The van der Waals surface area contributed by atoms with Crippen molar-refractivity contribution < 1.29 is 14.6 Å². The highest BCUT2D eigenvalue weighted by atomic mass is 16.5. The fourth-order valence-corrected chi connectivity index (χ4v) is 8.72. The Bertz CT molecular complexity index is 684. The van der Waals surface area contributed by atoms with E-state index in [1.165, 1.54) is 38.5 Å². The Labute approximate surface area is 184 Å². The number of hydrogen-bond donors (Lipinski definition) is 1. The molecule has 0 aliphatic heterocycles. The van der Waals surface area contributed by atoms with Gasteiger partial charge in [0, 0.05) is 0 Å². The summed E-state index contributed by atoms with van der Waals surface area (Å²) >= 11 is 0. The van der Waals surface area contributed by atoms with E-state index >= 15 is 0 Å². The molecule has 0 saturated heterocycles. The summed E-state index contributed by atoms with van der Waals surface area (Å²) in [6.45, 7) is 11.9. The number of esters is 1. The average molecular weight is 417 g/mol. The molecule has 4 aliphatic carbocycles. The molecule has 30 heavy (non-hydrogen) atoms. The summed E-state index contributed by atoms with van der Waals surface area (Å²) in [4.78, 5) is 12.2. The number of carbonyl (C=O) groups excluding carboxylic acids is 1. The van der Waals surface area contributed by atoms with Crippen LogP contribution >= 0.6 is 0 Å². The van der Waals surface area contributed by atoms with Crippen molar-refractivity contribution >= 4 is 5.97 Å². The third-order valence-corrected chi connectivity index (χ3v) is 10.3. The van der Waals surface area contributed by atoms with Gasteiger partial charge in [-0.05, 0) is 105 Å². The van der Waals surface area contributed by atoms with Crippen LogP contribution in [-0.2, 0) is 9.53 Å². The average Bonchev–Trinajstić information content (AvgIpc) is 3.06. The molecule has 1 N–H and O–H groups in total. The lowest BCUT2D eigenvalue weighted by atomic mass is 9.47. The SMILES string of the molecule is CCOC(=O)[C@@H](C)C[C@@H](C)[C@H]1CC[C@H]2[C@@H]3CC=C4C[C@@H](O)CC[C@]4(C)[C@H]3CC[C@]12C. The Morgan fingerprint density at radius 2 is 1.93 bits per heavy atom. The fraction of sp³-hybridized carbons (Fsp3) is 0.889. The summed E-state index contributed by atoms with van der Waals surface area (Å²) in [7, 11) is 0. The van der Waals surface area contributed by atoms with Gasteiger partial charge < -0.3 is 9.84 Å². The first-order chi connectivity index (χ1) is 14.2. The lowest BCUT2D eigenvalue weighted by Crippen LogP contribution is -2.50. The molecule has 0 aromatic heterocycles. The van der Waals surface area contributed by atoms with Gasteiger partial charge in [0.15, 0.2) is 0 Å². The van der Waals surface area contributed by atoms with Crippen LogP contribution in [0.3, 0.4) is 0 Å². The maximum absolute atomic E-state index is 12.2. The largest absolute Gasteiger partial charge is 0.466 e. The van der Waals surface area contributed by atoms with Gasteiger partial charge >= 0.3 is 5.97 Å². The zero-order chi connectivity index (χ0) is 21.7. The van der Waals surface area contributed by atoms with Crippen molar-refractivity contribution in [1.29, 1.82) is 0 Å². The zero-order valence-electron chi connectivity index (χ0n) is 20.0. The summed E-state index contributed by atoms with van der Waals surface area (Å²) < 4.78 is 5.28. The van der Waals surface area contributed by atoms with Gasteiger partial charge in [0.2, 0.25) is 0 Å². The molecule has 0 aromatic carbocycles. The highest BCUT2D eigenvalue weighted by molar-refractivity contribution is 5.71. The van der Waals surface area contributed by atoms with Crippen molar-refractivity contribution in [2.45, 2.75) is 98.5 Å². The maximum atomic E-state index is 12.2. The molecule has 0 unspecified atom stereocenters. The second-order valence-corrected chi connectivity index (χ2v) is 11.8. The van der Waals surface area contributed by atoms with Gasteiger partial charge in [0.25, 0.3) is 0 Å². The number of fused-ring (bicyclic) bond motifs is 5. The van der Waals surface area contributed by atoms with E-state index in [1.54, 1.807) is 5.57 Å². The van der Waals surface area contributed by atoms with Gasteiger partial charge in [0.1, 0.15) is 0 Å². The summed E-state index contributed by atoms with van der Waals surface area (Å²) in [5.41, 5.74) is 2.31. The molecule has 0 spiro atoms. The zero-order valence-corrected chi connectivity index (χ0v) is 20.0. The predicted octanol–water partition coefficient (Wildman–Crippen LogP) is 6.15. The Hall–Kier alpha value is -0.830. The molecule has 3 fully saturated rings. The van der Waals surface area contributed by atoms with Crippen LogP contribution in [0, 0.1) is 46.3 Å². The van der Waals surface area contributed by atoms with Crippen molar-refractivity contribution in [3.63, 3.8) is 0 Å². The Balaban J connectivity index is 1.49. The van der Waals surface area contributed by atoms with Gasteiger partial charge in [-0.15, -0.1) is 0 Å². The van der Waals surface area contributed by atoms with Gasteiger partial charge in [-0.2, -0.15) is 0 Å². The van der Waals surface area contributed by atoms with Crippen LogP contribution in [0.4, 0.5) is 0 Å². The van der Waals surface area contributed by atoms with Gasteiger partial charge in [-0.25, -0.2) is 0 Å². The third-order valence-electron chi connectivity index (χ3n) is 10.3. The first-order valence-electron chi connectivity index (χ1n) is 12.7. The molecule has 3 heteroatoms. The lowest BCUT2D eigenvalue weighted by Gasteiger charge is -2.58. The lowest BCUT2D eigenvalue weighted by molar-refractivity contribution is -0.148. The van der Waals surface area contributed by atoms with E-state index < -0.39 is 0 Å². The first-order valence-corrected chi connectivity index (χ1v) is 12.7. The number of carbonyl (C=O) groups is 1. The van der Waals surface area contributed by atoms with Crippen molar-refractivity contribution in [2.75, 3.05) is 6.61 Å². The van der Waals surface area contributed by atoms with E-state index in [2.05, 4.69) is 26.8 Å². The highest BCUT2D eigenvalue weighted by Gasteiger charge is 2.59. The van der Waals surface area contributed by atoms with Crippen LogP contribution < -0.4 is 0 Å². The molecule has 4 aliphatic rings. The van der Waals surface area contributed by atoms with Gasteiger partial charge in [0.05, 0.1) is 18.6 Å². The number of rotatable bonds is 5. The third kappa shape index (κ3) is 3.57. The van der Waals surface area contributed by atoms with Crippen molar-refractivity contribution in [2.24, 2.45) is 46.3 Å². The molecule has 0 heterocycles. The second-order valence-electron chi connectivity index (χ2n) is 11.8. The Kier molecular flexibility index (Phi) is 6.16. The smallest absolute Gasteiger partial charge is 0.308 e. The van der Waals surface area contributed by atoms with E-state index in [0.29, 0.717) is 23.4 Å². The van der Waals surface area contributed by atoms with Crippen LogP contribution in [0.15, 0.2) is 11.6 Å². The number of aliphatic hydroxyl groups excluding tert-OH is 1. The van der Waals surface area contributed by atoms with Crippen molar-refractivity contribution in [1.82, 2.24) is 0 Å². The maximum Gasteiger partial charge on any atom is 0.308 e. The molecular formula is C27H44O3. The highest BCUT2D eigenvalue weighted by Crippen LogP contribution is 2.67. The summed E-state index contributed by atoms with van der Waals surface area (Å²) in [5, 5.41) is 10.2. The second kappa shape index (κ2) is 8.26. The minimum atomic E-state index is -0.118. The number of aliphatic hydroxyl groups is 1. The van der Waals surface area contributed by atoms with E-state index in [0.717, 1.165) is 42.9 Å². The number of allylic oxidation sites excluding steroid dienone is 1. The summed E-state index contributed by atoms with van der Waals surface area (Å²) in [6, 6.07) is 0. The predicted molar refractivity (Wildman–Crippen MR) is 121 cm³/mol. The number of ether oxygens (including phenoxy) is 1. The van der Waals surface area contributed by atoms with Crippen molar-refractivity contribution in [3.8, 4) is 0 Å². The van der Waals surface area contributed by atoms with Gasteiger partial charge in [-0.1, -0.05) is 39.3 Å². The van der Waals surface area contributed by atoms with E-state index in [1.807, 2.05) is 13.8 Å². The molecule has 0 aromatic rings. The molecule has 0 amide bonds. The topological polar surface area (TPSA) is 46.5 Å². The van der Waals surface area contributed by atoms with Crippen LogP contribution in [-0.4, -0.2) is 23.8 Å². The molecule has 170 valence electrons. The molecule has 0 bridgehead atoms. The Morgan fingerprint density at radius 3 is 2.67 bits per heavy atom. The van der Waals surface area contributed by atoms with Crippen molar-refractivity contribution in [3.05, 3.63) is 11.6 Å². The van der Waals surface area contributed by atoms with E-state index in [9.17, 15) is 9.90 Å². The molecule has 3 saturated carbocycles.